The molecule has 1 heterocycles. The van der Waals surface area contributed by atoms with E-state index < -0.39 is 0 Å². The Morgan fingerprint density at radius 1 is 1.00 bits per heavy atom. The highest BCUT2D eigenvalue weighted by atomic mass is 16.3. The first-order valence-electron chi connectivity index (χ1n) is 13.0. The number of phenolic OH excluding ortho intramolecular Hbond substituents is 1. The maximum Gasteiger partial charge on any atom is 0.115 e. The normalized spacial score (nSPS) is 42.9. The van der Waals surface area contributed by atoms with Crippen molar-refractivity contribution in [3.63, 3.8) is 0 Å². The number of nitrogens with one attached hydrogen (secondary N) is 1. The molecule has 0 radical (unpaired) electrons. The zero-order chi connectivity index (χ0) is 21.1. The van der Waals surface area contributed by atoms with Gasteiger partial charge in [-0.3, -0.25) is 4.90 Å². The molecule has 0 aromatic heterocycles. The SMILES string of the molecule is Oc1ccc2c(c1)C13C[C@@H](NCc4ccccc4)C4CCC5N(CC6CC6)CC1(C2)C53C4. The van der Waals surface area contributed by atoms with E-state index in [1.54, 1.807) is 0 Å². The van der Waals surface area contributed by atoms with Crippen molar-refractivity contribution in [1.29, 1.82) is 0 Å². The molecule has 6 aliphatic rings. The first-order valence-corrected chi connectivity index (χ1v) is 13.0. The molecule has 3 spiro atoms. The maximum absolute atomic E-state index is 10.5. The number of hydrogen-bond donors (Lipinski definition) is 2. The molecule has 2 aromatic carbocycles. The third kappa shape index (κ3) is 2.03. The van der Waals surface area contributed by atoms with Crippen molar-refractivity contribution in [2.45, 2.75) is 69.0 Å². The minimum Gasteiger partial charge on any atom is -0.508 e. The Hall–Kier alpha value is -1.84. The summed E-state index contributed by atoms with van der Waals surface area (Å²) in [6.45, 7) is 3.64. The monoisotopic (exact) mass is 426 g/mol. The maximum atomic E-state index is 10.5. The number of nitrogens with zero attached hydrogens (tertiary/aromatic N) is 1. The summed E-state index contributed by atoms with van der Waals surface area (Å²) in [5.41, 5.74) is 5.65. The first-order chi connectivity index (χ1) is 15.7. The molecule has 2 N–H and O–H groups in total. The van der Waals surface area contributed by atoms with Crippen LogP contribution in [0.25, 0.3) is 0 Å². The number of rotatable bonds is 5. The van der Waals surface area contributed by atoms with Gasteiger partial charge in [0.2, 0.25) is 0 Å². The van der Waals surface area contributed by atoms with E-state index in [1.807, 2.05) is 6.07 Å². The Kier molecular flexibility index (Phi) is 3.47. The highest BCUT2D eigenvalue weighted by Gasteiger charge is 2.95. The molecule has 6 atom stereocenters. The van der Waals surface area contributed by atoms with Crippen molar-refractivity contribution in [3.05, 3.63) is 65.2 Å². The van der Waals surface area contributed by atoms with Crippen LogP contribution in [0.2, 0.25) is 0 Å². The summed E-state index contributed by atoms with van der Waals surface area (Å²) in [6.07, 6.45) is 9.61. The van der Waals surface area contributed by atoms with E-state index >= 15 is 0 Å². The summed E-state index contributed by atoms with van der Waals surface area (Å²) in [6, 6.07) is 18.6. The third-order valence-corrected chi connectivity index (χ3v) is 11.0. The van der Waals surface area contributed by atoms with Gasteiger partial charge >= 0.3 is 0 Å². The summed E-state index contributed by atoms with van der Waals surface area (Å²) >= 11 is 0. The van der Waals surface area contributed by atoms with Crippen LogP contribution in [0, 0.1) is 22.7 Å². The second kappa shape index (κ2) is 5.98. The van der Waals surface area contributed by atoms with Crippen molar-refractivity contribution in [2.75, 3.05) is 13.1 Å². The highest BCUT2D eigenvalue weighted by Crippen LogP contribution is 2.93. The van der Waals surface area contributed by atoms with E-state index in [2.05, 4.69) is 52.7 Å². The van der Waals surface area contributed by atoms with Crippen LogP contribution >= 0.6 is 0 Å². The van der Waals surface area contributed by atoms with Crippen LogP contribution in [-0.2, 0) is 18.4 Å². The van der Waals surface area contributed by atoms with Gasteiger partial charge < -0.3 is 10.4 Å². The third-order valence-electron chi connectivity index (χ3n) is 11.0. The summed E-state index contributed by atoms with van der Waals surface area (Å²) in [4.78, 5) is 2.95. The van der Waals surface area contributed by atoms with Gasteiger partial charge in [0, 0.05) is 48.0 Å². The topological polar surface area (TPSA) is 35.5 Å². The van der Waals surface area contributed by atoms with E-state index in [1.165, 1.54) is 74.7 Å². The molecule has 5 aliphatic carbocycles. The molecule has 2 bridgehead atoms. The average molecular weight is 427 g/mol. The summed E-state index contributed by atoms with van der Waals surface area (Å²) in [7, 11) is 0. The molecule has 8 rings (SSSR count). The summed E-state index contributed by atoms with van der Waals surface area (Å²) in [5, 5.41) is 14.5. The molecular formula is C29H34N2O. The number of benzene rings is 2. The van der Waals surface area contributed by atoms with Crippen molar-refractivity contribution < 1.29 is 5.11 Å². The quantitative estimate of drug-likeness (QED) is 0.732. The van der Waals surface area contributed by atoms with E-state index in [9.17, 15) is 5.11 Å². The van der Waals surface area contributed by atoms with Crippen molar-refractivity contribution >= 4 is 0 Å². The van der Waals surface area contributed by atoms with Crippen LogP contribution < -0.4 is 5.32 Å². The van der Waals surface area contributed by atoms with Gasteiger partial charge in [-0.25, -0.2) is 0 Å². The first kappa shape index (κ1) is 18.6. The van der Waals surface area contributed by atoms with Crippen LogP contribution in [0.15, 0.2) is 48.5 Å². The van der Waals surface area contributed by atoms with Crippen molar-refractivity contribution in [1.82, 2.24) is 10.2 Å². The van der Waals surface area contributed by atoms with Crippen LogP contribution in [0.3, 0.4) is 0 Å². The Balaban J connectivity index is 1.18. The fraction of sp³-hybridized carbons (Fsp3) is 0.586. The number of fused-ring (bicyclic) bond motifs is 2. The second-order valence-corrected chi connectivity index (χ2v) is 12.1. The molecule has 5 unspecified atom stereocenters. The van der Waals surface area contributed by atoms with E-state index in [0.29, 0.717) is 28.0 Å². The van der Waals surface area contributed by atoms with Crippen molar-refractivity contribution in [3.8, 4) is 5.75 Å². The van der Waals surface area contributed by atoms with Gasteiger partial charge in [0.25, 0.3) is 0 Å². The van der Waals surface area contributed by atoms with Crippen LogP contribution in [-0.4, -0.2) is 35.2 Å². The number of piperidine rings is 1. The molecule has 32 heavy (non-hydrogen) atoms. The number of hydrogen-bond acceptors (Lipinski definition) is 3. The molecule has 3 nitrogen and oxygen atoms in total. The largest absolute Gasteiger partial charge is 0.508 e. The Morgan fingerprint density at radius 3 is 2.72 bits per heavy atom. The fourth-order valence-corrected chi connectivity index (χ4v) is 9.89. The summed E-state index contributed by atoms with van der Waals surface area (Å²) in [5.74, 6) is 2.25. The minimum atomic E-state index is 0.296. The van der Waals surface area contributed by atoms with E-state index in [0.717, 1.165) is 24.4 Å². The minimum absolute atomic E-state index is 0.296. The van der Waals surface area contributed by atoms with Crippen molar-refractivity contribution in [2.24, 2.45) is 22.7 Å². The van der Waals surface area contributed by atoms with Gasteiger partial charge in [0.05, 0.1) is 0 Å². The highest BCUT2D eigenvalue weighted by molar-refractivity contribution is 5.63. The van der Waals surface area contributed by atoms with E-state index in [4.69, 9.17) is 0 Å². The van der Waals surface area contributed by atoms with Crippen LogP contribution in [0.1, 0.15) is 55.2 Å². The van der Waals surface area contributed by atoms with Crippen LogP contribution in [0.5, 0.6) is 5.75 Å². The average Bonchev–Trinajstić information content (AvgIpc) is 3.64. The zero-order valence-corrected chi connectivity index (χ0v) is 18.9. The Labute approximate surface area is 191 Å². The van der Waals surface area contributed by atoms with E-state index in [-0.39, 0.29) is 0 Å². The lowest BCUT2D eigenvalue weighted by molar-refractivity contribution is 0.0317. The van der Waals surface area contributed by atoms with Gasteiger partial charge in [-0.15, -0.1) is 0 Å². The fourth-order valence-electron chi connectivity index (χ4n) is 9.89. The lowest BCUT2D eigenvalue weighted by Gasteiger charge is -2.51. The summed E-state index contributed by atoms with van der Waals surface area (Å²) < 4.78 is 0. The van der Waals surface area contributed by atoms with Gasteiger partial charge in [0.1, 0.15) is 5.75 Å². The lowest BCUT2D eigenvalue weighted by atomic mass is 9.60. The predicted octanol–water partition coefficient (Wildman–Crippen LogP) is 4.63. The Bertz CT molecular complexity index is 1100. The standard InChI is InChI=1S/C29H34N2O/c32-23-10-8-21-13-27-18-31(17-20-6-7-20)26-11-9-22-14-29(26,27)28(27,24(21)12-23)15-25(22)30-16-19-4-2-1-3-5-19/h1-5,8,10,12,20,22,25-26,30,32H,6-7,9,11,13-18H2/t22?,25-,26?,27?,28?,29?/m1/s1. The number of phenols is 1. The zero-order valence-electron chi connectivity index (χ0n) is 18.9. The smallest absolute Gasteiger partial charge is 0.115 e. The van der Waals surface area contributed by atoms with Crippen LogP contribution in [0.4, 0.5) is 0 Å². The molecule has 0 amide bonds. The molecular weight excluding hydrogens is 392 g/mol. The predicted molar refractivity (Wildman–Crippen MR) is 125 cm³/mol. The molecule has 2 aromatic rings. The lowest BCUT2D eigenvalue weighted by Crippen LogP contribution is -2.55. The second-order valence-electron chi connectivity index (χ2n) is 12.1. The molecule has 4 saturated carbocycles. The number of aromatic hydroxyl groups is 1. The van der Waals surface area contributed by atoms with Gasteiger partial charge in [-0.05, 0) is 85.6 Å². The van der Waals surface area contributed by atoms with Gasteiger partial charge in [-0.1, -0.05) is 36.4 Å². The number of likely N-dealkylation sites (tertiary alicyclic amines) is 1. The van der Waals surface area contributed by atoms with Gasteiger partial charge in [-0.2, -0.15) is 0 Å². The Morgan fingerprint density at radius 2 is 1.88 bits per heavy atom. The molecule has 166 valence electrons. The van der Waals surface area contributed by atoms with Gasteiger partial charge in [0.15, 0.2) is 0 Å². The molecule has 5 fully saturated rings. The molecule has 1 saturated heterocycles. The molecule has 3 heteroatoms. The molecule has 1 aliphatic heterocycles.